The SMILES string of the molecule is CCC1(COCOc2ccc(OCOc3ccc(-c4ccc(OCOc5ccc6ccccc6c5-c5c(OCOc6ccc(-c7ccc(OCOc8ccc(OCOCC9(CC)COC9)cc8)cc7)cc6)ccc6ccccc56)cc4)cc3)cc2)COC1. The highest BCUT2D eigenvalue weighted by Gasteiger charge is 2.38. The van der Waals surface area contributed by atoms with Crippen LogP contribution in [0.25, 0.3) is 54.9 Å². The van der Waals surface area contributed by atoms with Crippen molar-refractivity contribution in [3.63, 3.8) is 0 Å². The van der Waals surface area contributed by atoms with Crippen LogP contribution in [0.5, 0.6) is 57.5 Å². The Kier molecular flexibility index (Phi) is 19.0. The topological polar surface area (TPSA) is 129 Å². The van der Waals surface area contributed by atoms with E-state index in [2.05, 4.69) is 50.2 Å². The molecule has 0 aliphatic carbocycles. The fraction of sp³-hybridized carbons (Fsp3) is 0.243. The van der Waals surface area contributed by atoms with E-state index in [1.165, 1.54) is 0 Å². The molecule has 12 rings (SSSR count). The Morgan fingerprint density at radius 2 is 0.545 bits per heavy atom. The summed E-state index contributed by atoms with van der Waals surface area (Å²) < 4.78 is 82.8. The Hall–Kier alpha value is -9.44. The molecule has 0 bridgehead atoms. The summed E-state index contributed by atoms with van der Waals surface area (Å²) in [6, 6.07) is 71.0. The molecule has 2 aliphatic heterocycles. The highest BCUT2D eigenvalue weighted by atomic mass is 16.7. The molecule has 10 aromatic rings. The Labute approximate surface area is 512 Å². The van der Waals surface area contributed by atoms with Crippen molar-refractivity contribution in [2.45, 2.75) is 26.7 Å². The molecule has 0 N–H and O–H groups in total. The molecule has 2 heterocycles. The van der Waals surface area contributed by atoms with Gasteiger partial charge in [-0.25, -0.2) is 0 Å². The lowest BCUT2D eigenvalue weighted by atomic mass is 9.84. The summed E-state index contributed by atoms with van der Waals surface area (Å²) in [6.07, 6.45) is 2.05. The van der Waals surface area contributed by atoms with Gasteiger partial charge in [0.2, 0.25) is 27.2 Å². The maximum atomic E-state index is 6.56. The molecule has 0 unspecified atom stereocenters. The quantitative estimate of drug-likeness (QED) is 0.0302. The van der Waals surface area contributed by atoms with Crippen LogP contribution in [0.15, 0.2) is 218 Å². The van der Waals surface area contributed by atoms with E-state index in [9.17, 15) is 0 Å². The van der Waals surface area contributed by atoms with Gasteiger partial charge in [0.1, 0.15) is 57.5 Å². The highest BCUT2D eigenvalue weighted by Crippen LogP contribution is 2.46. The van der Waals surface area contributed by atoms with Crippen molar-refractivity contribution in [3.8, 4) is 90.9 Å². The van der Waals surface area contributed by atoms with Crippen molar-refractivity contribution in [2.24, 2.45) is 10.8 Å². The van der Waals surface area contributed by atoms with Gasteiger partial charge in [-0.3, -0.25) is 0 Å². The van der Waals surface area contributed by atoms with Crippen molar-refractivity contribution >= 4 is 21.5 Å². The van der Waals surface area contributed by atoms with Crippen molar-refractivity contribution in [3.05, 3.63) is 218 Å². The molecular weight excluding hydrogens is 1110 g/mol. The molecule has 10 aromatic carbocycles. The Bertz CT molecular complexity index is 3560. The van der Waals surface area contributed by atoms with Crippen LogP contribution >= 0.6 is 0 Å². The molecule has 0 spiro atoms. The molecular formula is C74H70O14. The van der Waals surface area contributed by atoms with Gasteiger partial charge in [0.05, 0.1) is 39.6 Å². The van der Waals surface area contributed by atoms with Crippen molar-refractivity contribution in [1.29, 1.82) is 0 Å². The summed E-state index contributed by atoms with van der Waals surface area (Å²) in [6.45, 7) is 8.96. The van der Waals surface area contributed by atoms with Gasteiger partial charge in [0, 0.05) is 22.0 Å². The predicted molar refractivity (Wildman–Crippen MR) is 338 cm³/mol. The number of fused-ring (bicyclic) bond motifs is 2. The van der Waals surface area contributed by atoms with Gasteiger partial charge in [-0.05, 0) is 166 Å². The van der Waals surface area contributed by atoms with Gasteiger partial charge >= 0.3 is 0 Å². The molecule has 14 nitrogen and oxygen atoms in total. The lowest BCUT2D eigenvalue weighted by Gasteiger charge is -2.40. The first-order valence-corrected chi connectivity index (χ1v) is 29.6. The maximum absolute atomic E-state index is 6.56. The molecule has 0 aromatic heterocycles. The lowest BCUT2D eigenvalue weighted by molar-refractivity contribution is -0.162. The highest BCUT2D eigenvalue weighted by molar-refractivity contribution is 6.09. The van der Waals surface area contributed by atoms with Gasteiger partial charge < -0.3 is 66.3 Å². The van der Waals surface area contributed by atoms with Gasteiger partial charge in [0.15, 0.2) is 13.6 Å². The predicted octanol–water partition coefficient (Wildman–Crippen LogP) is 16.2. The van der Waals surface area contributed by atoms with E-state index in [1.54, 1.807) is 0 Å². The number of benzene rings is 10. The first-order chi connectivity index (χ1) is 43.4. The third-order valence-corrected chi connectivity index (χ3v) is 16.1. The minimum atomic E-state index is -0.0320. The third-order valence-electron chi connectivity index (χ3n) is 16.1. The van der Waals surface area contributed by atoms with E-state index in [4.69, 9.17) is 66.3 Å². The fourth-order valence-electron chi connectivity index (χ4n) is 10.4. The third kappa shape index (κ3) is 14.7. The Morgan fingerprint density at radius 1 is 0.284 bits per heavy atom. The second kappa shape index (κ2) is 28.4. The van der Waals surface area contributed by atoms with E-state index < -0.39 is 0 Å². The maximum Gasteiger partial charge on any atom is 0.230 e. The van der Waals surface area contributed by atoms with E-state index in [1.807, 2.05) is 182 Å². The smallest absolute Gasteiger partial charge is 0.230 e. The normalized spacial score (nSPS) is 13.8. The summed E-state index contributed by atoms with van der Waals surface area (Å²) in [5.41, 5.74) is 6.12. The average molecular weight is 1180 g/mol. The molecule has 88 heavy (non-hydrogen) atoms. The Morgan fingerprint density at radius 3 is 0.818 bits per heavy atom. The van der Waals surface area contributed by atoms with Crippen LogP contribution in [-0.4, -0.2) is 80.4 Å². The summed E-state index contributed by atoms with van der Waals surface area (Å²) in [7, 11) is 0. The summed E-state index contributed by atoms with van der Waals surface area (Å²) in [4.78, 5) is 0. The molecule has 0 radical (unpaired) electrons. The van der Waals surface area contributed by atoms with Crippen LogP contribution in [-0.2, 0) is 18.9 Å². The van der Waals surface area contributed by atoms with E-state index in [0.29, 0.717) is 70.7 Å². The lowest BCUT2D eigenvalue weighted by Crippen LogP contribution is -2.45. The van der Waals surface area contributed by atoms with Crippen LogP contribution in [0.3, 0.4) is 0 Å². The van der Waals surface area contributed by atoms with Crippen molar-refractivity contribution in [1.82, 2.24) is 0 Å². The van der Waals surface area contributed by atoms with E-state index in [-0.39, 0.29) is 51.6 Å². The van der Waals surface area contributed by atoms with Crippen LogP contribution in [0, 0.1) is 10.8 Å². The molecule has 450 valence electrons. The van der Waals surface area contributed by atoms with Gasteiger partial charge in [-0.2, -0.15) is 0 Å². The fourth-order valence-corrected chi connectivity index (χ4v) is 10.4. The molecule has 0 atom stereocenters. The zero-order valence-electron chi connectivity index (χ0n) is 49.4. The number of hydrogen-bond acceptors (Lipinski definition) is 14. The first-order valence-electron chi connectivity index (χ1n) is 29.6. The zero-order chi connectivity index (χ0) is 59.8. The molecule has 2 saturated heterocycles. The number of rotatable bonds is 31. The van der Waals surface area contributed by atoms with Crippen molar-refractivity contribution in [2.75, 3.05) is 80.4 Å². The molecule has 14 heteroatoms. The van der Waals surface area contributed by atoms with Gasteiger partial charge in [-0.1, -0.05) is 123 Å². The molecule has 0 saturated carbocycles. The van der Waals surface area contributed by atoms with E-state index >= 15 is 0 Å². The molecule has 2 fully saturated rings. The monoisotopic (exact) mass is 1180 g/mol. The largest absolute Gasteiger partial charge is 0.468 e. The van der Waals surface area contributed by atoms with Crippen LogP contribution in [0.4, 0.5) is 0 Å². The van der Waals surface area contributed by atoms with Crippen LogP contribution in [0.1, 0.15) is 26.7 Å². The number of hydrogen-bond donors (Lipinski definition) is 0. The van der Waals surface area contributed by atoms with Crippen molar-refractivity contribution < 1.29 is 66.3 Å². The second-order valence-electron chi connectivity index (χ2n) is 21.9. The first kappa shape index (κ1) is 58.9. The summed E-state index contributed by atoms with van der Waals surface area (Å²) in [5.74, 6) is 6.74. The standard InChI is InChI=1S/C74H70O14/c1-3-73(41-75-42-73)45-77-47-79-63-31-35-65(36-32-63)83-49-81-59-23-13-53(14-24-59)55-17-27-61(28-18-55)85-51-87-69-39-21-57-9-5-7-11-67(57)71(69)72-68-12-8-6-10-58(68)22-40-70(72)88-52-86-62-29-19-56(20-30-62)54-15-25-60(26-16-54)82-50-84-66-37-33-64(34-38-66)80-48-78-46-74(4-2)43-76-44-74/h5-40H,3-4,41-52H2,1-2H3. The number of ether oxygens (including phenoxy) is 14. The molecule has 2 aliphatic rings. The van der Waals surface area contributed by atoms with Gasteiger partial charge in [0.25, 0.3) is 0 Å². The summed E-state index contributed by atoms with van der Waals surface area (Å²) >= 11 is 0. The minimum Gasteiger partial charge on any atom is -0.468 e. The van der Waals surface area contributed by atoms with E-state index in [0.717, 1.165) is 94.2 Å². The van der Waals surface area contributed by atoms with Crippen LogP contribution in [0.2, 0.25) is 0 Å². The molecule has 0 amide bonds. The second-order valence-corrected chi connectivity index (χ2v) is 21.9. The Balaban J connectivity index is 0.617. The van der Waals surface area contributed by atoms with Crippen LogP contribution < -0.4 is 47.4 Å². The van der Waals surface area contributed by atoms with Gasteiger partial charge in [-0.15, -0.1) is 0 Å². The average Bonchev–Trinajstić information content (AvgIpc) is 1.44. The minimum absolute atomic E-state index is 0.0320. The summed E-state index contributed by atoms with van der Waals surface area (Å²) in [5, 5.41) is 4.13. The zero-order valence-corrected chi connectivity index (χ0v) is 49.4.